The molecule has 3 rings (SSSR count). The fourth-order valence-electron chi connectivity index (χ4n) is 3.08. The van der Waals surface area contributed by atoms with E-state index in [2.05, 4.69) is 10.6 Å². The van der Waals surface area contributed by atoms with Gasteiger partial charge in [0.2, 0.25) is 5.91 Å². The van der Waals surface area contributed by atoms with Crippen LogP contribution < -0.4 is 20.1 Å². The molecule has 0 aromatic heterocycles. The van der Waals surface area contributed by atoms with Gasteiger partial charge in [0.25, 0.3) is 5.91 Å². The number of hydrogen-bond donors (Lipinski definition) is 2. The number of amides is 2. The number of anilines is 1. The van der Waals surface area contributed by atoms with Gasteiger partial charge in [-0.2, -0.15) is 0 Å². The van der Waals surface area contributed by atoms with Crippen molar-refractivity contribution in [2.45, 2.75) is 19.9 Å². The Labute approximate surface area is 186 Å². The first-order valence-electron chi connectivity index (χ1n) is 10.0. The van der Waals surface area contributed by atoms with Crippen LogP contribution in [0.3, 0.4) is 0 Å². The maximum absolute atomic E-state index is 12.7. The van der Waals surface area contributed by atoms with E-state index in [0.29, 0.717) is 22.7 Å². The Morgan fingerprint density at radius 2 is 1.62 bits per heavy atom. The zero-order valence-electron chi connectivity index (χ0n) is 17.9. The van der Waals surface area contributed by atoms with Crippen LogP contribution in [0.4, 0.5) is 5.69 Å². The van der Waals surface area contributed by atoms with Gasteiger partial charge in [-0.05, 0) is 47.5 Å². The largest absolute Gasteiger partial charge is 0.497 e. The number of para-hydroxylation sites is 1. The molecule has 0 saturated heterocycles. The lowest BCUT2D eigenvalue weighted by atomic mass is 10.1. The first-order chi connectivity index (χ1) is 15.4. The maximum Gasteiger partial charge on any atom is 0.308 e. The SMILES string of the molecule is COc1cccc(CC(=O)NCc2ccccc2NC(=O)c2cccc(OC(C)=O)c2)c1. The summed E-state index contributed by atoms with van der Waals surface area (Å²) in [6.45, 7) is 1.55. The first kappa shape index (κ1) is 22.6. The molecule has 0 aliphatic heterocycles. The number of benzene rings is 3. The van der Waals surface area contributed by atoms with E-state index in [0.717, 1.165) is 11.1 Å². The van der Waals surface area contributed by atoms with E-state index in [1.165, 1.54) is 13.0 Å². The molecule has 0 saturated carbocycles. The number of ether oxygens (including phenoxy) is 2. The number of hydrogen-bond acceptors (Lipinski definition) is 5. The van der Waals surface area contributed by atoms with Gasteiger partial charge in [-0.3, -0.25) is 14.4 Å². The molecule has 3 aromatic rings. The van der Waals surface area contributed by atoms with E-state index in [4.69, 9.17) is 9.47 Å². The fraction of sp³-hybridized carbons (Fsp3) is 0.160. The number of rotatable bonds is 8. The van der Waals surface area contributed by atoms with Gasteiger partial charge in [0.1, 0.15) is 11.5 Å². The molecule has 0 aliphatic carbocycles. The first-order valence-corrected chi connectivity index (χ1v) is 10.0. The summed E-state index contributed by atoms with van der Waals surface area (Å²) in [5.74, 6) is 0.0320. The second-order valence-corrected chi connectivity index (χ2v) is 7.04. The Balaban J connectivity index is 1.63. The summed E-state index contributed by atoms with van der Waals surface area (Å²) in [6, 6.07) is 20.9. The number of nitrogens with one attached hydrogen (secondary N) is 2. The Kier molecular flexibility index (Phi) is 7.59. The molecule has 0 fully saturated rings. The van der Waals surface area contributed by atoms with E-state index in [1.54, 1.807) is 37.4 Å². The molecule has 2 N–H and O–H groups in total. The highest BCUT2D eigenvalue weighted by Crippen LogP contribution is 2.19. The Bertz CT molecular complexity index is 1130. The lowest BCUT2D eigenvalue weighted by Gasteiger charge is -2.13. The van der Waals surface area contributed by atoms with Crippen LogP contribution in [0.15, 0.2) is 72.8 Å². The van der Waals surface area contributed by atoms with Crippen molar-refractivity contribution in [2.75, 3.05) is 12.4 Å². The molecule has 0 bridgehead atoms. The van der Waals surface area contributed by atoms with E-state index in [1.807, 2.05) is 36.4 Å². The molecule has 32 heavy (non-hydrogen) atoms. The molecule has 0 aliphatic rings. The van der Waals surface area contributed by atoms with Crippen molar-refractivity contribution < 1.29 is 23.9 Å². The summed E-state index contributed by atoms with van der Waals surface area (Å²) in [5, 5.41) is 5.73. The molecule has 0 heterocycles. The van der Waals surface area contributed by atoms with Crippen LogP contribution in [0.5, 0.6) is 11.5 Å². The third kappa shape index (κ3) is 6.43. The Hall–Kier alpha value is -4.13. The Morgan fingerprint density at radius 3 is 2.41 bits per heavy atom. The average molecular weight is 432 g/mol. The van der Waals surface area contributed by atoms with E-state index in [9.17, 15) is 14.4 Å². The van der Waals surface area contributed by atoms with E-state index < -0.39 is 5.97 Å². The van der Waals surface area contributed by atoms with Crippen LogP contribution in [-0.4, -0.2) is 24.9 Å². The van der Waals surface area contributed by atoms with Crippen LogP contribution in [0.2, 0.25) is 0 Å². The third-order valence-corrected chi connectivity index (χ3v) is 4.60. The summed E-state index contributed by atoms with van der Waals surface area (Å²) in [5.41, 5.74) is 2.53. The van der Waals surface area contributed by atoms with Crippen LogP contribution >= 0.6 is 0 Å². The highest BCUT2D eigenvalue weighted by Gasteiger charge is 2.12. The van der Waals surface area contributed by atoms with Gasteiger partial charge < -0.3 is 20.1 Å². The van der Waals surface area contributed by atoms with Gasteiger partial charge in [-0.25, -0.2) is 0 Å². The highest BCUT2D eigenvalue weighted by molar-refractivity contribution is 6.05. The lowest BCUT2D eigenvalue weighted by molar-refractivity contribution is -0.131. The Morgan fingerprint density at radius 1 is 0.875 bits per heavy atom. The molecule has 0 unspecified atom stereocenters. The number of esters is 1. The number of carbonyl (C=O) groups is 3. The van der Waals surface area contributed by atoms with Crippen LogP contribution in [0, 0.1) is 0 Å². The van der Waals surface area contributed by atoms with Gasteiger partial charge in [-0.1, -0.05) is 36.4 Å². The van der Waals surface area contributed by atoms with Crippen molar-refractivity contribution in [1.29, 1.82) is 0 Å². The zero-order chi connectivity index (χ0) is 22.9. The number of methoxy groups -OCH3 is 1. The third-order valence-electron chi connectivity index (χ3n) is 4.60. The van der Waals surface area contributed by atoms with E-state index >= 15 is 0 Å². The summed E-state index contributed by atoms with van der Waals surface area (Å²) in [6.07, 6.45) is 0.217. The molecular weight excluding hydrogens is 408 g/mol. The normalized spacial score (nSPS) is 10.2. The zero-order valence-corrected chi connectivity index (χ0v) is 17.9. The van der Waals surface area contributed by atoms with Gasteiger partial charge in [0.05, 0.1) is 13.5 Å². The van der Waals surface area contributed by atoms with Crippen molar-refractivity contribution in [1.82, 2.24) is 5.32 Å². The van der Waals surface area contributed by atoms with Gasteiger partial charge in [-0.15, -0.1) is 0 Å². The molecular formula is C25H24N2O5. The smallest absolute Gasteiger partial charge is 0.308 e. The minimum atomic E-state index is -0.461. The minimum absolute atomic E-state index is 0.145. The molecule has 7 heteroatoms. The summed E-state index contributed by atoms with van der Waals surface area (Å²) < 4.78 is 10.2. The second kappa shape index (κ2) is 10.8. The summed E-state index contributed by atoms with van der Waals surface area (Å²) in [4.78, 5) is 36.2. The highest BCUT2D eigenvalue weighted by atomic mass is 16.5. The molecule has 0 atom stereocenters. The van der Waals surface area contributed by atoms with Gasteiger partial charge in [0.15, 0.2) is 0 Å². The minimum Gasteiger partial charge on any atom is -0.497 e. The topological polar surface area (TPSA) is 93.7 Å². The van der Waals surface area contributed by atoms with Crippen molar-refractivity contribution in [3.63, 3.8) is 0 Å². The van der Waals surface area contributed by atoms with Crippen LogP contribution in [0.25, 0.3) is 0 Å². The maximum atomic E-state index is 12.7. The molecule has 3 aromatic carbocycles. The van der Waals surface area contributed by atoms with Crippen molar-refractivity contribution in [3.8, 4) is 11.5 Å². The summed E-state index contributed by atoms with van der Waals surface area (Å²) >= 11 is 0. The summed E-state index contributed by atoms with van der Waals surface area (Å²) in [7, 11) is 1.58. The second-order valence-electron chi connectivity index (χ2n) is 7.04. The van der Waals surface area contributed by atoms with Crippen LogP contribution in [-0.2, 0) is 22.6 Å². The van der Waals surface area contributed by atoms with Crippen molar-refractivity contribution in [2.24, 2.45) is 0 Å². The monoisotopic (exact) mass is 432 g/mol. The van der Waals surface area contributed by atoms with Crippen molar-refractivity contribution >= 4 is 23.5 Å². The van der Waals surface area contributed by atoms with E-state index in [-0.39, 0.29) is 24.8 Å². The van der Waals surface area contributed by atoms with Gasteiger partial charge in [0, 0.05) is 24.7 Å². The molecule has 7 nitrogen and oxygen atoms in total. The quantitative estimate of drug-likeness (QED) is 0.418. The lowest BCUT2D eigenvalue weighted by Crippen LogP contribution is -2.25. The molecule has 2 amide bonds. The average Bonchev–Trinajstić information content (AvgIpc) is 2.78. The number of carbonyl (C=O) groups excluding carboxylic acids is 3. The predicted molar refractivity (Wildman–Crippen MR) is 121 cm³/mol. The molecule has 0 spiro atoms. The fourth-order valence-corrected chi connectivity index (χ4v) is 3.08. The molecule has 0 radical (unpaired) electrons. The van der Waals surface area contributed by atoms with Gasteiger partial charge >= 0.3 is 5.97 Å². The predicted octanol–water partition coefficient (Wildman–Crippen LogP) is 3.73. The van der Waals surface area contributed by atoms with Crippen LogP contribution in [0.1, 0.15) is 28.4 Å². The molecule has 164 valence electrons. The standard InChI is InChI=1S/C25H24N2O5/c1-17(28)32-22-11-6-9-19(15-22)25(30)27-23-12-4-3-8-20(23)16-26-24(29)14-18-7-5-10-21(13-18)31-2/h3-13,15H,14,16H2,1-2H3,(H,26,29)(H,27,30). The van der Waals surface area contributed by atoms with Crippen molar-refractivity contribution in [3.05, 3.63) is 89.5 Å².